The van der Waals surface area contributed by atoms with Crippen LogP contribution in [0.4, 0.5) is 14.5 Å². The maximum absolute atomic E-state index is 12.3. The van der Waals surface area contributed by atoms with E-state index in [0.29, 0.717) is 0 Å². The highest BCUT2D eigenvalue weighted by atomic mass is 32.2. The molecule has 1 rings (SSSR count). The molecule has 19 heavy (non-hydrogen) atoms. The van der Waals surface area contributed by atoms with E-state index in [1.54, 1.807) is 12.1 Å². The third-order valence-electron chi connectivity index (χ3n) is 2.58. The van der Waals surface area contributed by atoms with Gasteiger partial charge in [-0.05, 0) is 37.6 Å². The summed E-state index contributed by atoms with van der Waals surface area (Å²) in [4.78, 5) is 0. The van der Waals surface area contributed by atoms with Crippen molar-refractivity contribution in [1.82, 2.24) is 5.32 Å². The quantitative estimate of drug-likeness (QED) is 0.812. The fourth-order valence-corrected chi connectivity index (χ4v) is 2.10. The molecule has 7 heteroatoms. The molecule has 0 aromatic heterocycles. The minimum atomic E-state index is -4.61. The number of sulfonamides is 1. The van der Waals surface area contributed by atoms with Crippen molar-refractivity contribution in [3.8, 4) is 0 Å². The summed E-state index contributed by atoms with van der Waals surface area (Å²) in [7, 11) is -4.61. The van der Waals surface area contributed by atoms with Gasteiger partial charge in [0.1, 0.15) is 0 Å². The van der Waals surface area contributed by atoms with E-state index in [-0.39, 0.29) is 11.7 Å². The fourth-order valence-electron chi connectivity index (χ4n) is 1.56. The van der Waals surface area contributed by atoms with E-state index in [1.165, 1.54) is 6.07 Å². The Balaban J connectivity index is 2.83. The first-order valence-electron chi connectivity index (χ1n) is 6.00. The van der Waals surface area contributed by atoms with E-state index in [1.807, 2.05) is 24.6 Å². The van der Waals surface area contributed by atoms with Crippen molar-refractivity contribution in [2.45, 2.75) is 32.1 Å². The maximum Gasteiger partial charge on any atom is 0.355 e. The van der Waals surface area contributed by atoms with Crippen molar-refractivity contribution in [2.24, 2.45) is 0 Å². The highest BCUT2D eigenvalue weighted by molar-refractivity contribution is 7.93. The van der Waals surface area contributed by atoms with Crippen LogP contribution in [0.25, 0.3) is 0 Å². The summed E-state index contributed by atoms with van der Waals surface area (Å²) < 4.78 is 48.5. The van der Waals surface area contributed by atoms with Gasteiger partial charge in [-0.2, -0.15) is 8.78 Å². The summed E-state index contributed by atoms with van der Waals surface area (Å²) in [6.45, 7) is 4.79. The molecule has 1 unspecified atom stereocenters. The van der Waals surface area contributed by atoms with Crippen LogP contribution in [0.15, 0.2) is 24.3 Å². The highest BCUT2D eigenvalue weighted by Crippen LogP contribution is 2.19. The van der Waals surface area contributed by atoms with Crippen LogP contribution in [-0.2, 0) is 10.0 Å². The number of anilines is 1. The minimum absolute atomic E-state index is 0.0240. The second-order valence-electron chi connectivity index (χ2n) is 4.21. The predicted molar refractivity (Wildman–Crippen MR) is 71.7 cm³/mol. The summed E-state index contributed by atoms with van der Waals surface area (Å²) in [5, 5.41) is 3.24. The summed E-state index contributed by atoms with van der Waals surface area (Å²) in [6.07, 6.45) is 0.974. The van der Waals surface area contributed by atoms with Gasteiger partial charge in [-0.1, -0.05) is 19.1 Å². The Bertz CT molecular complexity index is 506. The van der Waals surface area contributed by atoms with Crippen molar-refractivity contribution in [3.63, 3.8) is 0 Å². The smallest absolute Gasteiger partial charge is 0.310 e. The van der Waals surface area contributed by atoms with Crippen molar-refractivity contribution >= 4 is 15.7 Å². The van der Waals surface area contributed by atoms with E-state index in [0.717, 1.165) is 18.5 Å². The number of hydrogen-bond acceptors (Lipinski definition) is 3. The molecule has 108 valence electrons. The lowest BCUT2D eigenvalue weighted by Gasteiger charge is -2.15. The van der Waals surface area contributed by atoms with Crippen molar-refractivity contribution in [3.05, 3.63) is 29.8 Å². The van der Waals surface area contributed by atoms with E-state index in [9.17, 15) is 17.2 Å². The Morgan fingerprint density at radius 1 is 1.32 bits per heavy atom. The van der Waals surface area contributed by atoms with E-state index in [2.05, 4.69) is 5.32 Å². The number of halogens is 2. The Kier molecular flexibility index (Phi) is 5.68. The van der Waals surface area contributed by atoms with Gasteiger partial charge in [0, 0.05) is 11.7 Å². The lowest BCUT2D eigenvalue weighted by atomic mass is 10.1. The molecule has 1 aromatic rings. The van der Waals surface area contributed by atoms with Gasteiger partial charge in [-0.15, -0.1) is 0 Å². The molecule has 0 aliphatic rings. The van der Waals surface area contributed by atoms with Gasteiger partial charge in [0.2, 0.25) is 0 Å². The number of nitrogens with one attached hydrogen (secondary N) is 2. The van der Waals surface area contributed by atoms with Gasteiger partial charge in [-0.3, -0.25) is 4.72 Å². The lowest BCUT2D eigenvalue weighted by Crippen LogP contribution is -2.21. The van der Waals surface area contributed by atoms with Crippen LogP contribution in [-0.4, -0.2) is 20.7 Å². The van der Waals surface area contributed by atoms with E-state index in [4.69, 9.17) is 0 Å². The molecule has 0 amide bonds. The van der Waals surface area contributed by atoms with Crippen molar-refractivity contribution in [1.29, 1.82) is 0 Å². The van der Waals surface area contributed by atoms with Gasteiger partial charge in [0.05, 0.1) is 0 Å². The molecule has 0 bridgehead atoms. The summed E-state index contributed by atoms with van der Waals surface area (Å²) in [6, 6.07) is 6.45. The van der Waals surface area contributed by atoms with Crippen LogP contribution in [0, 0.1) is 0 Å². The summed E-state index contributed by atoms with van der Waals surface area (Å²) in [5.41, 5.74) is 0.978. The third-order valence-corrected chi connectivity index (χ3v) is 3.57. The molecule has 2 N–H and O–H groups in total. The Morgan fingerprint density at radius 2 is 2.00 bits per heavy atom. The Labute approximate surface area is 112 Å². The average molecular weight is 292 g/mol. The van der Waals surface area contributed by atoms with Gasteiger partial charge < -0.3 is 5.32 Å². The highest BCUT2D eigenvalue weighted by Gasteiger charge is 2.23. The van der Waals surface area contributed by atoms with Crippen LogP contribution in [0.2, 0.25) is 0 Å². The van der Waals surface area contributed by atoms with Gasteiger partial charge >= 0.3 is 5.76 Å². The molecular formula is C12H18F2N2O2S. The van der Waals surface area contributed by atoms with Gasteiger partial charge in [0.15, 0.2) is 0 Å². The number of alkyl halides is 2. The SMILES string of the molecule is CCCNC(C)c1cccc(NS(=O)(=O)C(F)F)c1. The molecule has 0 aliphatic carbocycles. The van der Waals surface area contributed by atoms with E-state index >= 15 is 0 Å². The average Bonchev–Trinajstić information content (AvgIpc) is 2.35. The standard InChI is InChI=1S/C12H18F2N2O2S/c1-3-7-15-9(2)10-5-4-6-11(8-10)16-19(17,18)12(13)14/h4-6,8-9,12,15-16H,3,7H2,1-2H3. The monoisotopic (exact) mass is 292 g/mol. The first kappa shape index (κ1) is 15.8. The van der Waals surface area contributed by atoms with Gasteiger partial charge in [-0.25, -0.2) is 8.42 Å². The molecule has 1 aromatic carbocycles. The van der Waals surface area contributed by atoms with Crippen LogP contribution < -0.4 is 10.0 Å². The molecule has 0 aliphatic heterocycles. The molecule has 0 radical (unpaired) electrons. The Hall–Kier alpha value is -1.21. The number of hydrogen-bond donors (Lipinski definition) is 2. The van der Waals surface area contributed by atoms with Crippen LogP contribution in [0.3, 0.4) is 0 Å². The topological polar surface area (TPSA) is 58.2 Å². The maximum atomic E-state index is 12.3. The zero-order valence-electron chi connectivity index (χ0n) is 10.9. The normalized spacial score (nSPS) is 13.5. The first-order valence-corrected chi connectivity index (χ1v) is 7.54. The molecule has 0 heterocycles. The third kappa shape index (κ3) is 4.76. The van der Waals surface area contributed by atoms with Gasteiger partial charge in [0.25, 0.3) is 10.0 Å². The van der Waals surface area contributed by atoms with Crippen LogP contribution in [0.1, 0.15) is 31.9 Å². The number of rotatable bonds is 7. The van der Waals surface area contributed by atoms with Crippen LogP contribution >= 0.6 is 0 Å². The van der Waals surface area contributed by atoms with Crippen molar-refractivity contribution < 1.29 is 17.2 Å². The zero-order chi connectivity index (χ0) is 14.5. The fraction of sp³-hybridized carbons (Fsp3) is 0.500. The number of benzene rings is 1. The lowest BCUT2D eigenvalue weighted by molar-refractivity contribution is 0.236. The molecule has 0 saturated carbocycles. The molecule has 1 atom stereocenters. The summed E-state index contributed by atoms with van der Waals surface area (Å²) >= 11 is 0. The first-order chi connectivity index (χ1) is 8.86. The Morgan fingerprint density at radius 3 is 2.58 bits per heavy atom. The second-order valence-corrected chi connectivity index (χ2v) is 5.86. The van der Waals surface area contributed by atoms with E-state index < -0.39 is 15.8 Å². The second kappa shape index (κ2) is 6.81. The largest absolute Gasteiger partial charge is 0.355 e. The zero-order valence-corrected chi connectivity index (χ0v) is 11.7. The predicted octanol–water partition coefficient (Wildman–Crippen LogP) is 2.71. The molecule has 0 fully saturated rings. The molecule has 0 saturated heterocycles. The van der Waals surface area contributed by atoms with Crippen molar-refractivity contribution in [2.75, 3.05) is 11.3 Å². The molecule has 4 nitrogen and oxygen atoms in total. The minimum Gasteiger partial charge on any atom is -0.310 e. The summed E-state index contributed by atoms with van der Waals surface area (Å²) in [5.74, 6) is -3.44. The van der Waals surface area contributed by atoms with Crippen LogP contribution in [0.5, 0.6) is 0 Å². The molecule has 0 spiro atoms. The molecular weight excluding hydrogens is 274 g/mol.